The minimum Gasteiger partial charge on any atom is -0.321 e. The van der Waals surface area contributed by atoms with Gasteiger partial charge in [0.15, 0.2) is 0 Å². The lowest BCUT2D eigenvalue weighted by atomic mass is 10.1. The zero-order chi connectivity index (χ0) is 21.7. The Hall–Kier alpha value is -3.49. The summed E-state index contributed by atoms with van der Waals surface area (Å²) >= 11 is 7.33. The van der Waals surface area contributed by atoms with E-state index >= 15 is 0 Å². The molecular weight excluding hydrogens is 426 g/mol. The molecule has 1 heterocycles. The number of nitrogens with zero attached hydrogens (tertiary/aromatic N) is 1. The number of hydrogen-bond acceptors (Lipinski definition) is 5. The molecule has 30 heavy (non-hydrogen) atoms. The van der Waals surface area contributed by atoms with Crippen molar-refractivity contribution in [3.8, 4) is 0 Å². The highest BCUT2D eigenvalue weighted by Crippen LogP contribution is 2.21. The molecule has 0 saturated heterocycles. The Bertz CT molecular complexity index is 1140. The second kappa shape index (κ2) is 9.34. The maximum absolute atomic E-state index is 12.9. The van der Waals surface area contributed by atoms with E-state index in [1.54, 1.807) is 41.8 Å². The molecule has 0 bridgehead atoms. The third-order valence-electron chi connectivity index (χ3n) is 4.06. The van der Waals surface area contributed by atoms with Gasteiger partial charge in [-0.3, -0.25) is 19.7 Å². The number of thiophene rings is 1. The van der Waals surface area contributed by atoms with Gasteiger partial charge in [0.05, 0.1) is 9.80 Å². The summed E-state index contributed by atoms with van der Waals surface area (Å²) < 4.78 is 0. The minimum atomic E-state index is -0.591. The average molecular weight is 442 g/mol. The van der Waals surface area contributed by atoms with E-state index in [0.717, 1.165) is 5.56 Å². The van der Waals surface area contributed by atoms with Gasteiger partial charge in [0.2, 0.25) is 0 Å². The third-order valence-corrected chi connectivity index (χ3v) is 5.34. The van der Waals surface area contributed by atoms with Crippen LogP contribution in [0.2, 0.25) is 5.02 Å². The fraction of sp³-hybridized carbons (Fsp3) is 0.0476. The number of aryl methyl sites for hydroxylation is 1. The first-order chi connectivity index (χ1) is 14.3. The summed E-state index contributed by atoms with van der Waals surface area (Å²) in [5.41, 5.74) is 1.51. The molecule has 0 radical (unpaired) electrons. The van der Waals surface area contributed by atoms with Crippen LogP contribution in [0.5, 0.6) is 0 Å². The predicted molar refractivity (Wildman–Crippen MR) is 118 cm³/mol. The van der Waals surface area contributed by atoms with E-state index in [1.165, 1.54) is 35.6 Å². The van der Waals surface area contributed by atoms with E-state index in [-0.39, 0.29) is 11.4 Å². The Balaban J connectivity index is 1.92. The van der Waals surface area contributed by atoms with Crippen molar-refractivity contribution in [2.24, 2.45) is 0 Å². The molecule has 7 nitrogen and oxygen atoms in total. The predicted octanol–water partition coefficient (Wildman–Crippen LogP) is 5.03. The van der Waals surface area contributed by atoms with Gasteiger partial charge in [-0.15, -0.1) is 11.3 Å². The van der Waals surface area contributed by atoms with E-state index < -0.39 is 16.7 Å². The topological polar surface area (TPSA) is 101 Å². The van der Waals surface area contributed by atoms with Crippen molar-refractivity contribution >= 4 is 52.2 Å². The summed E-state index contributed by atoms with van der Waals surface area (Å²) in [5, 5.41) is 18.5. The Labute approximate surface area is 181 Å². The first-order valence-electron chi connectivity index (χ1n) is 8.72. The van der Waals surface area contributed by atoms with Crippen LogP contribution in [-0.4, -0.2) is 16.7 Å². The number of carbonyl (C=O) groups excluding carboxylic acids is 2. The van der Waals surface area contributed by atoms with E-state index in [0.29, 0.717) is 21.2 Å². The Morgan fingerprint density at radius 3 is 2.60 bits per heavy atom. The van der Waals surface area contributed by atoms with Crippen LogP contribution in [0.1, 0.15) is 20.8 Å². The third kappa shape index (κ3) is 5.31. The van der Waals surface area contributed by atoms with Gasteiger partial charge in [-0.25, -0.2) is 0 Å². The number of hydrogen-bond donors (Lipinski definition) is 2. The van der Waals surface area contributed by atoms with Crippen molar-refractivity contribution in [2.45, 2.75) is 6.92 Å². The van der Waals surface area contributed by atoms with Crippen molar-refractivity contribution in [1.29, 1.82) is 0 Å². The fourth-order valence-electron chi connectivity index (χ4n) is 2.51. The molecule has 0 saturated carbocycles. The molecule has 0 spiro atoms. The van der Waals surface area contributed by atoms with Gasteiger partial charge in [0.1, 0.15) is 5.70 Å². The zero-order valence-corrected chi connectivity index (χ0v) is 17.3. The molecule has 9 heteroatoms. The van der Waals surface area contributed by atoms with Crippen molar-refractivity contribution in [3.05, 3.63) is 96.8 Å². The molecule has 0 atom stereocenters. The van der Waals surface area contributed by atoms with Gasteiger partial charge in [0.25, 0.3) is 17.5 Å². The standard InChI is InChI=1S/C21H16ClN3O4S/c1-13-7-8-15(12-17(13)22)23-20(26)18(24-21(27)19-6-3-9-30-19)11-14-4-2-5-16(10-14)25(28)29/h2-12H,1H3,(H,23,26)(H,24,27). The van der Waals surface area contributed by atoms with Gasteiger partial charge in [-0.1, -0.05) is 35.9 Å². The van der Waals surface area contributed by atoms with E-state index in [4.69, 9.17) is 11.6 Å². The Morgan fingerprint density at radius 1 is 1.13 bits per heavy atom. The lowest BCUT2D eigenvalue weighted by Gasteiger charge is -2.11. The lowest BCUT2D eigenvalue weighted by Crippen LogP contribution is -2.30. The molecule has 2 N–H and O–H groups in total. The molecule has 0 fully saturated rings. The van der Waals surface area contributed by atoms with Gasteiger partial charge in [-0.05, 0) is 47.7 Å². The molecule has 2 amide bonds. The summed E-state index contributed by atoms with van der Waals surface area (Å²) in [6, 6.07) is 14.1. The second-order valence-corrected chi connectivity index (χ2v) is 7.61. The number of nitro benzene ring substituents is 1. The molecule has 1 aromatic heterocycles. The van der Waals surface area contributed by atoms with Crippen LogP contribution in [-0.2, 0) is 4.79 Å². The summed E-state index contributed by atoms with van der Waals surface area (Å²) in [5.74, 6) is -1.05. The summed E-state index contributed by atoms with van der Waals surface area (Å²) in [6.45, 7) is 1.84. The maximum atomic E-state index is 12.9. The highest BCUT2D eigenvalue weighted by molar-refractivity contribution is 7.12. The molecule has 3 rings (SSSR count). The zero-order valence-electron chi connectivity index (χ0n) is 15.7. The number of anilines is 1. The van der Waals surface area contributed by atoms with Crippen LogP contribution in [0.4, 0.5) is 11.4 Å². The number of halogens is 1. The Kier molecular flexibility index (Phi) is 6.61. The van der Waals surface area contributed by atoms with Gasteiger partial charge >= 0.3 is 0 Å². The van der Waals surface area contributed by atoms with E-state index in [2.05, 4.69) is 10.6 Å². The summed E-state index contributed by atoms with van der Waals surface area (Å²) in [7, 11) is 0. The summed E-state index contributed by atoms with van der Waals surface area (Å²) in [6.07, 6.45) is 1.38. The van der Waals surface area contributed by atoms with Gasteiger partial charge in [0, 0.05) is 22.8 Å². The van der Waals surface area contributed by atoms with Crippen LogP contribution in [0.3, 0.4) is 0 Å². The van der Waals surface area contributed by atoms with Crippen LogP contribution in [0.25, 0.3) is 6.08 Å². The molecule has 0 aliphatic heterocycles. The first kappa shape index (κ1) is 21.2. The number of rotatable bonds is 6. The molecule has 0 aliphatic carbocycles. The second-order valence-electron chi connectivity index (χ2n) is 6.26. The Morgan fingerprint density at radius 2 is 1.93 bits per heavy atom. The molecule has 3 aromatic rings. The van der Waals surface area contributed by atoms with E-state index in [9.17, 15) is 19.7 Å². The molecule has 0 aliphatic rings. The number of benzene rings is 2. The number of amides is 2. The monoisotopic (exact) mass is 441 g/mol. The number of nitro groups is 1. The van der Waals surface area contributed by atoms with Gasteiger partial charge < -0.3 is 10.6 Å². The van der Waals surface area contributed by atoms with Crippen molar-refractivity contribution in [2.75, 3.05) is 5.32 Å². The van der Waals surface area contributed by atoms with Crippen LogP contribution < -0.4 is 10.6 Å². The van der Waals surface area contributed by atoms with E-state index in [1.807, 2.05) is 6.92 Å². The quantitative estimate of drug-likeness (QED) is 0.318. The highest BCUT2D eigenvalue weighted by Gasteiger charge is 2.16. The SMILES string of the molecule is Cc1ccc(NC(=O)C(=Cc2cccc([N+](=O)[O-])c2)NC(=O)c2cccs2)cc1Cl. The van der Waals surface area contributed by atoms with Crippen LogP contribution >= 0.6 is 22.9 Å². The average Bonchev–Trinajstić information content (AvgIpc) is 3.25. The molecule has 152 valence electrons. The van der Waals surface area contributed by atoms with Crippen molar-refractivity contribution in [1.82, 2.24) is 5.32 Å². The molecular formula is C21H16ClN3O4S. The van der Waals surface area contributed by atoms with Crippen molar-refractivity contribution in [3.63, 3.8) is 0 Å². The minimum absolute atomic E-state index is 0.0643. The maximum Gasteiger partial charge on any atom is 0.272 e. The fourth-order valence-corrected chi connectivity index (χ4v) is 3.31. The molecule has 2 aromatic carbocycles. The number of carbonyl (C=O) groups is 2. The summed E-state index contributed by atoms with van der Waals surface area (Å²) in [4.78, 5) is 36.3. The van der Waals surface area contributed by atoms with Crippen LogP contribution in [0.15, 0.2) is 65.7 Å². The van der Waals surface area contributed by atoms with Gasteiger partial charge in [-0.2, -0.15) is 0 Å². The first-order valence-corrected chi connectivity index (χ1v) is 9.98. The van der Waals surface area contributed by atoms with Crippen molar-refractivity contribution < 1.29 is 14.5 Å². The lowest BCUT2D eigenvalue weighted by molar-refractivity contribution is -0.384. The molecule has 0 unspecified atom stereocenters. The number of nitrogens with one attached hydrogen (secondary N) is 2. The highest BCUT2D eigenvalue weighted by atomic mass is 35.5. The largest absolute Gasteiger partial charge is 0.321 e. The smallest absolute Gasteiger partial charge is 0.272 e. The van der Waals surface area contributed by atoms with Crippen LogP contribution in [0, 0.1) is 17.0 Å². The number of non-ortho nitro benzene ring substituents is 1. The normalized spacial score (nSPS) is 11.1.